The summed E-state index contributed by atoms with van der Waals surface area (Å²) in [6.45, 7) is 3.57. The van der Waals surface area contributed by atoms with Crippen molar-refractivity contribution in [2.75, 3.05) is 19.6 Å². The number of aromatic nitrogens is 2. The van der Waals surface area contributed by atoms with E-state index in [4.69, 9.17) is 5.26 Å². The molecule has 0 aliphatic carbocycles. The average molecular weight is 188 g/mol. The van der Waals surface area contributed by atoms with Crippen molar-refractivity contribution in [3.63, 3.8) is 0 Å². The third kappa shape index (κ3) is 1.06. The van der Waals surface area contributed by atoms with Crippen LogP contribution in [0.2, 0.25) is 0 Å². The van der Waals surface area contributed by atoms with Crippen molar-refractivity contribution in [3.8, 4) is 6.07 Å². The zero-order chi connectivity index (χ0) is 9.54. The first-order valence-electron chi connectivity index (χ1n) is 5.03. The fraction of sp³-hybridized carbons (Fsp3) is 0.600. The lowest BCUT2D eigenvalue weighted by Gasteiger charge is -2.22. The molecule has 1 aromatic heterocycles. The lowest BCUT2D eigenvalue weighted by Crippen LogP contribution is -2.26. The number of hydrogen-bond donors (Lipinski definition) is 0. The van der Waals surface area contributed by atoms with Crippen LogP contribution in [0.25, 0.3) is 0 Å². The largest absolute Gasteiger partial charge is 0.301 e. The minimum absolute atomic E-state index is 0.505. The molecule has 3 rings (SSSR count). The number of piperidine rings is 1. The first-order chi connectivity index (χ1) is 6.86. The Balaban J connectivity index is 1.86. The van der Waals surface area contributed by atoms with E-state index in [2.05, 4.69) is 16.1 Å². The maximum Gasteiger partial charge on any atom is 0.102 e. The molecule has 1 aromatic rings. The Morgan fingerprint density at radius 3 is 3.00 bits per heavy atom. The molecule has 2 bridgehead atoms. The van der Waals surface area contributed by atoms with Gasteiger partial charge in [-0.15, -0.1) is 0 Å². The van der Waals surface area contributed by atoms with Crippen LogP contribution in [0.5, 0.6) is 0 Å². The predicted molar refractivity (Wildman–Crippen MR) is 50.5 cm³/mol. The standard InChI is InChI=1S/C10H12N4/c11-3-8-4-12-14(5-8)10-7-13-2-1-9(10)6-13/h4-5,9-10H,1-2,6-7H2/t9-,10?/m0/s1. The Kier molecular flexibility index (Phi) is 1.62. The number of rotatable bonds is 1. The summed E-state index contributed by atoms with van der Waals surface area (Å²) in [5, 5.41) is 13.0. The maximum absolute atomic E-state index is 8.71. The summed E-state index contributed by atoms with van der Waals surface area (Å²) in [7, 11) is 0. The minimum atomic E-state index is 0.505. The zero-order valence-corrected chi connectivity index (χ0v) is 7.93. The van der Waals surface area contributed by atoms with Gasteiger partial charge in [-0.25, -0.2) is 0 Å². The second kappa shape index (κ2) is 2.82. The van der Waals surface area contributed by atoms with E-state index in [1.165, 1.54) is 19.5 Å². The highest BCUT2D eigenvalue weighted by Gasteiger charge is 2.39. The van der Waals surface area contributed by atoms with Gasteiger partial charge in [0.2, 0.25) is 0 Å². The highest BCUT2D eigenvalue weighted by atomic mass is 15.3. The smallest absolute Gasteiger partial charge is 0.102 e. The molecule has 2 saturated heterocycles. The van der Waals surface area contributed by atoms with Crippen LogP contribution in [0.3, 0.4) is 0 Å². The summed E-state index contributed by atoms with van der Waals surface area (Å²) in [5.74, 6) is 0.751. The lowest BCUT2D eigenvalue weighted by molar-refractivity contribution is 0.285. The lowest BCUT2D eigenvalue weighted by atomic mass is 10.0. The number of hydrogen-bond acceptors (Lipinski definition) is 3. The molecule has 4 nitrogen and oxygen atoms in total. The van der Waals surface area contributed by atoms with Gasteiger partial charge in [0, 0.05) is 19.3 Å². The molecule has 0 amide bonds. The topological polar surface area (TPSA) is 44.9 Å². The van der Waals surface area contributed by atoms with E-state index >= 15 is 0 Å². The van der Waals surface area contributed by atoms with Crippen LogP contribution in [-0.2, 0) is 0 Å². The van der Waals surface area contributed by atoms with Crippen molar-refractivity contribution in [3.05, 3.63) is 18.0 Å². The van der Waals surface area contributed by atoms with Crippen molar-refractivity contribution in [2.45, 2.75) is 12.5 Å². The number of fused-ring (bicyclic) bond motifs is 2. The maximum atomic E-state index is 8.71. The van der Waals surface area contributed by atoms with Gasteiger partial charge < -0.3 is 4.90 Å². The van der Waals surface area contributed by atoms with Crippen LogP contribution in [0, 0.1) is 17.2 Å². The summed E-state index contributed by atoms with van der Waals surface area (Å²) in [4.78, 5) is 2.48. The quantitative estimate of drug-likeness (QED) is 0.649. The van der Waals surface area contributed by atoms with Crippen LogP contribution >= 0.6 is 0 Å². The summed E-state index contributed by atoms with van der Waals surface area (Å²) in [5.41, 5.74) is 0.669. The molecule has 0 N–H and O–H groups in total. The van der Waals surface area contributed by atoms with Crippen LogP contribution in [0.15, 0.2) is 12.4 Å². The summed E-state index contributed by atoms with van der Waals surface area (Å²) >= 11 is 0. The molecule has 3 heterocycles. The number of nitrogens with zero attached hydrogens (tertiary/aromatic N) is 4. The van der Waals surface area contributed by atoms with Gasteiger partial charge in [-0.2, -0.15) is 10.4 Å². The molecule has 3 atom stereocenters. The van der Waals surface area contributed by atoms with E-state index in [1.54, 1.807) is 6.20 Å². The van der Waals surface area contributed by atoms with E-state index in [9.17, 15) is 0 Å². The normalized spacial score (nSPS) is 34.6. The third-order valence-electron chi connectivity index (χ3n) is 3.37. The third-order valence-corrected chi connectivity index (χ3v) is 3.37. The predicted octanol–water partition coefficient (Wildman–Crippen LogP) is 0.631. The molecule has 2 aliphatic rings. The van der Waals surface area contributed by atoms with Gasteiger partial charge in [-0.1, -0.05) is 0 Å². The molecular formula is C10H12N4. The fourth-order valence-electron chi connectivity index (χ4n) is 2.63. The van der Waals surface area contributed by atoms with E-state index in [-0.39, 0.29) is 0 Å². The fourth-order valence-corrected chi connectivity index (χ4v) is 2.63. The summed E-state index contributed by atoms with van der Waals surface area (Å²) in [6, 6.07) is 2.62. The van der Waals surface area contributed by atoms with Crippen molar-refractivity contribution < 1.29 is 0 Å². The van der Waals surface area contributed by atoms with Crippen molar-refractivity contribution in [1.29, 1.82) is 5.26 Å². The van der Waals surface area contributed by atoms with Crippen molar-refractivity contribution >= 4 is 0 Å². The van der Waals surface area contributed by atoms with Crippen molar-refractivity contribution in [1.82, 2.24) is 14.7 Å². The second-order valence-electron chi connectivity index (χ2n) is 4.20. The Bertz CT molecular complexity index is 389. The molecule has 2 fully saturated rings. The molecule has 72 valence electrons. The summed E-state index contributed by atoms with van der Waals surface area (Å²) in [6.07, 6.45) is 4.81. The van der Waals surface area contributed by atoms with E-state index in [1.807, 2.05) is 10.9 Å². The molecule has 14 heavy (non-hydrogen) atoms. The van der Waals surface area contributed by atoms with E-state index < -0.39 is 0 Å². The van der Waals surface area contributed by atoms with Gasteiger partial charge in [0.25, 0.3) is 0 Å². The van der Waals surface area contributed by atoms with Gasteiger partial charge in [0.15, 0.2) is 0 Å². The first kappa shape index (κ1) is 8.01. The van der Waals surface area contributed by atoms with Gasteiger partial charge in [-0.3, -0.25) is 4.68 Å². The first-order valence-corrected chi connectivity index (χ1v) is 5.03. The van der Waals surface area contributed by atoms with E-state index in [0.29, 0.717) is 11.6 Å². The Hall–Kier alpha value is -1.34. The van der Waals surface area contributed by atoms with E-state index in [0.717, 1.165) is 12.5 Å². The van der Waals surface area contributed by atoms with Crippen LogP contribution < -0.4 is 0 Å². The van der Waals surface area contributed by atoms with Gasteiger partial charge in [0.05, 0.1) is 17.8 Å². The van der Waals surface area contributed by atoms with Crippen molar-refractivity contribution in [2.24, 2.45) is 5.92 Å². The van der Waals surface area contributed by atoms with Crippen LogP contribution in [0.4, 0.5) is 0 Å². The second-order valence-corrected chi connectivity index (χ2v) is 4.20. The molecule has 4 heteroatoms. The highest BCUT2D eigenvalue weighted by molar-refractivity contribution is 5.22. The van der Waals surface area contributed by atoms with Crippen LogP contribution in [0.1, 0.15) is 18.0 Å². The monoisotopic (exact) mass is 188 g/mol. The molecule has 0 radical (unpaired) electrons. The SMILES string of the molecule is N#Cc1cnn(C2CN3CC[C@H]2C3)c1. The molecule has 0 spiro atoms. The Morgan fingerprint density at radius 2 is 2.43 bits per heavy atom. The average Bonchev–Trinajstić information content (AvgIpc) is 2.93. The Morgan fingerprint density at radius 1 is 1.50 bits per heavy atom. The highest BCUT2D eigenvalue weighted by Crippen LogP contribution is 2.35. The molecule has 0 saturated carbocycles. The Labute approximate surface area is 82.7 Å². The summed E-state index contributed by atoms with van der Waals surface area (Å²) < 4.78 is 1.97. The van der Waals surface area contributed by atoms with Gasteiger partial charge in [-0.05, 0) is 18.9 Å². The van der Waals surface area contributed by atoms with Gasteiger partial charge in [0.1, 0.15) is 6.07 Å². The molecular weight excluding hydrogens is 176 g/mol. The van der Waals surface area contributed by atoms with Gasteiger partial charge >= 0.3 is 0 Å². The number of nitriles is 1. The zero-order valence-electron chi connectivity index (χ0n) is 7.93. The van der Waals surface area contributed by atoms with Crippen LogP contribution in [-0.4, -0.2) is 34.3 Å². The minimum Gasteiger partial charge on any atom is -0.301 e. The molecule has 0 aromatic carbocycles. The molecule has 2 aliphatic heterocycles. The molecule has 2 unspecified atom stereocenters.